The van der Waals surface area contributed by atoms with Crippen LogP contribution in [0.1, 0.15) is 37.2 Å². The molecule has 0 aliphatic rings. The molecule has 31 heavy (non-hydrogen) atoms. The number of aromatic nitrogens is 4. The number of amides is 1. The van der Waals surface area contributed by atoms with E-state index in [0.717, 1.165) is 47.1 Å². The van der Waals surface area contributed by atoms with E-state index >= 15 is 0 Å². The highest BCUT2D eigenvalue weighted by atomic mass is 16.1. The van der Waals surface area contributed by atoms with Gasteiger partial charge in [0.25, 0.3) is 5.91 Å². The number of carbonyl (C=O) groups excluding carboxylic acids is 1. The summed E-state index contributed by atoms with van der Waals surface area (Å²) in [6.07, 6.45) is 4.09. The van der Waals surface area contributed by atoms with E-state index in [-0.39, 0.29) is 5.91 Å². The molecule has 0 spiro atoms. The van der Waals surface area contributed by atoms with Crippen molar-refractivity contribution < 1.29 is 4.79 Å². The van der Waals surface area contributed by atoms with Gasteiger partial charge in [-0.1, -0.05) is 26.3 Å². The smallest absolute Gasteiger partial charge is 0.267 e. The number of likely N-dealkylation sites (N-methyl/N-ethyl adjacent to an activating group) is 1. The summed E-state index contributed by atoms with van der Waals surface area (Å²) >= 11 is 0. The Morgan fingerprint density at radius 1 is 1.16 bits per heavy atom. The highest BCUT2D eigenvalue weighted by Gasteiger charge is 2.14. The van der Waals surface area contributed by atoms with E-state index in [0.29, 0.717) is 23.7 Å². The van der Waals surface area contributed by atoms with Crippen molar-refractivity contribution in [1.29, 1.82) is 0 Å². The van der Waals surface area contributed by atoms with Gasteiger partial charge in [0.15, 0.2) is 5.82 Å². The van der Waals surface area contributed by atoms with Crippen molar-refractivity contribution >= 4 is 33.7 Å². The van der Waals surface area contributed by atoms with Gasteiger partial charge >= 0.3 is 0 Å². The maximum atomic E-state index is 12.7. The van der Waals surface area contributed by atoms with E-state index in [1.807, 2.05) is 30.3 Å². The standard InChI is InChI=1S/C23H29N7O/c1-3-5-11-30(4-2)12-10-26-23(31)20-14-17-16(8-9-25-22(17)27-20)15-6-7-19-18(13-15)21(24)29-28-19/h6-9,13-14H,3-5,10-12H2,1-2H3,(H,25,27)(H,26,31)(H3,24,28,29). The maximum Gasteiger partial charge on any atom is 0.267 e. The van der Waals surface area contributed by atoms with Crippen molar-refractivity contribution in [2.24, 2.45) is 0 Å². The van der Waals surface area contributed by atoms with Crippen molar-refractivity contribution in [1.82, 2.24) is 30.4 Å². The molecule has 8 nitrogen and oxygen atoms in total. The number of benzene rings is 1. The number of hydrogen-bond acceptors (Lipinski definition) is 5. The second kappa shape index (κ2) is 9.18. The summed E-state index contributed by atoms with van der Waals surface area (Å²) < 4.78 is 0. The summed E-state index contributed by atoms with van der Waals surface area (Å²) in [7, 11) is 0. The molecule has 0 radical (unpaired) electrons. The fourth-order valence-electron chi connectivity index (χ4n) is 3.84. The summed E-state index contributed by atoms with van der Waals surface area (Å²) in [5.74, 6) is 0.348. The predicted octanol–water partition coefficient (Wildman–Crippen LogP) is 3.54. The van der Waals surface area contributed by atoms with Gasteiger partial charge in [-0.25, -0.2) is 4.98 Å². The zero-order valence-electron chi connectivity index (χ0n) is 18.0. The second-order valence-corrected chi connectivity index (χ2v) is 7.72. The molecule has 1 amide bonds. The first-order valence-electron chi connectivity index (χ1n) is 10.8. The molecule has 0 fully saturated rings. The topological polar surface area (TPSA) is 116 Å². The van der Waals surface area contributed by atoms with Crippen LogP contribution in [0.5, 0.6) is 0 Å². The first-order valence-corrected chi connectivity index (χ1v) is 10.8. The molecule has 4 rings (SSSR count). The average molecular weight is 420 g/mol. The van der Waals surface area contributed by atoms with Crippen LogP contribution in [-0.4, -0.2) is 57.2 Å². The average Bonchev–Trinajstić information content (AvgIpc) is 3.39. The lowest BCUT2D eigenvalue weighted by molar-refractivity contribution is 0.0944. The number of nitrogens with two attached hydrogens (primary N) is 1. The first kappa shape index (κ1) is 20.9. The van der Waals surface area contributed by atoms with Crippen LogP contribution in [0.4, 0.5) is 5.82 Å². The van der Waals surface area contributed by atoms with Gasteiger partial charge in [-0.05, 0) is 54.9 Å². The Kier molecular flexibility index (Phi) is 6.18. The Labute approximate surface area is 181 Å². The van der Waals surface area contributed by atoms with E-state index in [1.165, 1.54) is 12.8 Å². The van der Waals surface area contributed by atoms with Crippen LogP contribution in [0.2, 0.25) is 0 Å². The number of aromatic amines is 2. The normalized spacial score (nSPS) is 11.6. The van der Waals surface area contributed by atoms with Crippen molar-refractivity contribution in [3.8, 4) is 11.1 Å². The molecule has 0 aliphatic heterocycles. The Morgan fingerprint density at radius 3 is 2.84 bits per heavy atom. The van der Waals surface area contributed by atoms with Crippen LogP contribution >= 0.6 is 0 Å². The minimum Gasteiger partial charge on any atom is -0.382 e. The van der Waals surface area contributed by atoms with Gasteiger partial charge in [0, 0.05) is 30.1 Å². The number of nitrogens with zero attached hydrogens (tertiary/aromatic N) is 3. The van der Waals surface area contributed by atoms with Gasteiger partial charge in [0.05, 0.1) is 5.52 Å². The van der Waals surface area contributed by atoms with Crippen LogP contribution in [0, 0.1) is 0 Å². The SMILES string of the molecule is CCCCN(CC)CCNC(=O)c1cc2c(-c3ccc4[nH]nc(N)c4c3)ccnc2[nH]1. The van der Waals surface area contributed by atoms with Gasteiger partial charge in [0.1, 0.15) is 11.3 Å². The number of fused-ring (bicyclic) bond motifs is 2. The molecule has 8 heteroatoms. The zero-order chi connectivity index (χ0) is 21.8. The molecule has 162 valence electrons. The lowest BCUT2D eigenvalue weighted by Crippen LogP contribution is -2.35. The molecule has 1 aromatic carbocycles. The Hall–Kier alpha value is -3.39. The molecule has 0 saturated carbocycles. The monoisotopic (exact) mass is 419 g/mol. The number of anilines is 1. The summed E-state index contributed by atoms with van der Waals surface area (Å²) in [6.45, 7) is 7.85. The molecule has 5 N–H and O–H groups in total. The Bertz CT molecular complexity index is 1190. The van der Waals surface area contributed by atoms with Crippen molar-refractivity contribution in [3.63, 3.8) is 0 Å². The van der Waals surface area contributed by atoms with E-state index < -0.39 is 0 Å². The molecular formula is C23H29N7O. The molecular weight excluding hydrogens is 390 g/mol. The number of carbonyl (C=O) groups is 1. The highest BCUT2D eigenvalue weighted by molar-refractivity contribution is 6.03. The fourth-order valence-corrected chi connectivity index (χ4v) is 3.84. The summed E-state index contributed by atoms with van der Waals surface area (Å²) in [4.78, 5) is 22.6. The third-order valence-electron chi connectivity index (χ3n) is 5.67. The first-order chi connectivity index (χ1) is 15.1. The molecule has 3 heterocycles. The Balaban J connectivity index is 1.53. The second-order valence-electron chi connectivity index (χ2n) is 7.72. The minimum absolute atomic E-state index is 0.120. The van der Waals surface area contributed by atoms with Gasteiger partial charge in [-0.15, -0.1) is 0 Å². The largest absolute Gasteiger partial charge is 0.382 e. The fraction of sp³-hybridized carbons (Fsp3) is 0.348. The van der Waals surface area contributed by atoms with Crippen molar-refractivity contribution in [2.45, 2.75) is 26.7 Å². The predicted molar refractivity (Wildman–Crippen MR) is 125 cm³/mol. The molecule has 3 aromatic heterocycles. The van der Waals surface area contributed by atoms with E-state index in [9.17, 15) is 4.79 Å². The molecule has 0 atom stereocenters. The summed E-state index contributed by atoms with van der Waals surface area (Å²) in [5.41, 5.74) is 10.0. The lowest BCUT2D eigenvalue weighted by Gasteiger charge is -2.19. The summed E-state index contributed by atoms with van der Waals surface area (Å²) in [6, 6.07) is 9.79. The summed E-state index contributed by atoms with van der Waals surface area (Å²) in [5, 5.41) is 11.8. The molecule has 0 bridgehead atoms. The van der Waals surface area contributed by atoms with E-state index in [2.05, 4.69) is 44.2 Å². The number of rotatable bonds is 9. The van der Waals surface area contributed by atoms with Gasteiger partial charge < -0.3 is 20.9 Å². The van der Waals surface area contributed by atoms with E-state index in [4.69, 9.17) is 5.73 Å². The number of nitrogen functional groups attached to an aromatic ring is 1. The van der Waals surface area contributed by atoms with Gasteiger partial charge in [-0.2, -0.15) is 5.10 Å². The molecule has 0 unspecified atom stereocenters. The van der Waals surface area contributed by atoms with Crippen LogP contribution in [0.15, 0.2) is 36.5 Å². The van der Waals surface area contributed by atoms with Gasteiger partial charge in [0.2, 0.25) is 0 Å². The minimum atomic E-state index is -0.120. The number of H-pyrrole nitrogens is 2. The Morgan fingerprint density at radius 2 is 2.03 bits per heavy atom. The number of nitrogens with one attached hydrogen (secondary N) is 3. The molecule has 0 saturated heterocycles. The molecule has 4 aromatic rings. The maximum absolute atomic E-state index is 12.7. The number of unbranched alkanes of at least 4 members (excludes halogenated alkanes) is 1. The third kappa shape index (κ3) is 4.39. The van der Waals surface area contributed by atoms with Crippen LogP contribution in [-0.2, 0) is 0 Å². The van der Waals surface area contributed by atoms with Crippen LogP contribution < -0.4 is 11.1 Å². The molecule has 0 aliphatic carbocycles. The number of pyridine rings is 1. The zero-order valence-corrected chi connectivity index (χ0v) is 18.0. The van der Waals surface area contributed by atoms with Crippen molar-refractivity contribution in [2.75, 3.05) is 31.9 Å². The highest BCUT2D eigenvalue weighted by Crippen LogP contribution is 2.31. The lowest BCUT2D eigenvalue weighted by atomic mass is 10.0. The van der Waals surface area contributed by atoms with Crippen molar-refractivity contribution in [3.05, 3.63) is 42.2 Å². The van der Waals surface area contributed by atoms with E-state index in [1.54, 1.807) is 6.20 Å². The quantitative estimate of drug-likeness (QED) is 0.331. The van der Waals surface area contributed by atoms with Crippen LogP contribution in [0.25, 0.3) is 33.1 Å². The van der Waals surface area contributed by atoms with Gasteiger partial charge in [-0.3, -0.25) is 9.89 Å². The number of hydrogen-bond donors (Lipinski definition) is 4. The third-order valence-corrected chi connectivity index (χ3v) is 5.67. The van der Waals surface area contributed by atoms with Crippen LogP contribution in [0.3, 0.4) is 0 Å².